The van der Waals surface area contributed by atoms with E-state index in [1.807, 2.05) is 6.07 Å². The van der Waals surface area contributed by atoms with E-state index < -0.39 is 0 Å². The largest absolute Gasteiger partial charge is 0.456 e. The van der Waals surface area contributed by atoms with Gasteiger partial charge in [-0.25, -0.2) is 4.39 Å². The summed E-state index contributed by atoms with van der Waals surface area (Å²) in [6, 6.07) is 11.2. The van der Waals surface area contributed by atoms with Gasteiger partial charge in [0.2, 0.25) is 0 Å². The zero-order valence-electron chi connectivity index (χ0n) is 8.95. The third kappa shape index (κ3) is 2.89. The van der Waals surface area contributed by atoms with Gasteiger partial charge in [-0.05, 0) is 62.2 Å². The topological polar surface area (TPSA) is 33.0 Å². The Kier molecular flexibility index (Phi) is 4.00. The Balaban J connectivity index is 2.32. The van der Waals surface area contributed by atoms with Crippen LogP contribution < -0.4 is 4.74 Å². The van der Waals surface area contributed by atoms with Gasteiger partial charge in [0.1, 0.15) is 23.4 Å². The molecule has 0 atom stereocenters. The highest BCUT2D eigenvalue weighted by Crippen LogP contribution is 2.32. The Labute approximate surface area is 120 Å². The fourth-order valence-electron chi connectivity index (χ4n) is 1.33. The van der Waals surface area contributed by atoms with E-state index in [2.05, 4.69) is 31.9 Å². The summed E-state index contributed by atoms with van der Waals surface area (Å²) in [6.07, 6.45) is 0. The molecule has 0 aliphatic rings. The molecule has 0 aromatic heterocycles. The van der Waals surface area contributed by atoms with E-state index in [4.69, 9.17) is 10.00 Å². The minimum atomic E-state index is -0.374. The third-order valence-electron chi connectivity index (χ3n) is 2.18. The molecule has 0 heterocycles. The van der Waals surface area contributed by atoms with Crippen LogP contribution in [0.4, 0.5) is 4.39 Å². The molecule has 2 aromatic rings. The molecule has 0 bridgehead atoms. The molecule has 2 rings (SSSR count). The van der Waals surface area contributed by atoms with Crippen molar-refractivity contribution in [1.29, 1.82) is 5.26 Å². The normalized spacial score (nSPS) is 9.89. The van der Waals surface area contributed by atoms with Crippen LogP contribution in [0.25, 0.3) is 0 Å². The number of rotatable bonds is 2. The first-order valence-corrected chi connectivity index (χ1v) is 6.51. The lowest BCUT2D eigenvalue weighted by Gasteiger charge is -2.08. The summed E-state index contributed by atoms with van der Waals surface area (Å²) in [7, 11) is 0. The van der Waals surface area contributed by atoms with Gasteiger partial charge in [0.05, 0.1) is 10.0 Å². The van der Waals surface area contributed by atoms with E-state index in [1.165, 1.54) is 12.1 Å². The number of halogens is 3. The highest BCUT2D eigenvalue weighted by molar-refractivity contribution is 9.10. The molecule has 0 fully saturated rings. The van der Waals surface area contributed by atoms with Crippen LogP contribution >= 0.6 is 31.9 Å². The van der Waals surface area contributed by atoms with Crippen LogP contribution in [0.15, 0.2) is 45.3 Å². The predicted molar refractivity (Wildman–Crippen MR) is 73.0 cm³/mol. The van der Waals surface area contributed by atoms with E-state index in [-0.39, 0.29) is 5.82 Å². The molecular weight excluding hydrogens is 365 g/mol. The minimum absolute atomic E-state index is 0.374. The standard InChI is InChI=1S/C13H6Br2FNO/c14-11-4-2-9(16)5-13(11)18-10-3-1-8(7-17)12(15)6-10/h1-6H. The predicted octanol–water partition coefficient (Wildman–Crippen LogP) is 5.01. The first-order valence-electron chi connectivity index (χ1n) is 4.92. The van der Waals surface area contributed by atoms with Gasteiger partial charge in [0.25, 0.3) is 0 Å². The Morgan fingerprint density at radius 3 is 2.50 bits per heavy atom. The van der Waals surface area contributed by atoms with Crippen molar-refractivity contribution in [2.24, 2.45) is 0 Å². The van der Waals surface area contributed by atoms with Crippen molar-refractivity contribution in [3.05, 3.63) is 56.7 Å². The van der Waals surface area contributed by atoms with Crippen molar-refractivity contribution in [3.8, 4) is 17.6 Å². The summed E-state index contributed by atoms with van der Waals surface area (Å²) >= 11 is 6.54. The number of ether oxygens (including phenoxy) is 1. The molecule has 0 aliphatic heterocycles. The van der Waals surface area contributed by atoms with E-state index in [0.29, 0.717) is 26.0 Å². The number of nitrogens with zero attached hydrogens (tertiary/aromatic N) is 1. The van der Waals surface area contributed by atoms with Crippen molar-refractivity contribution in [2.45, 2.75) is 0 Å². The first kappa shape index (κ1) is 13.1. The Morgan fingerprint density at radius 1 is 1.06 bits per heavy atom. The van der Waals surface area contributed by atoms with Crippen LogP contribution in [0.5, 0.6) is 11.5 Å². The molecule has 0 saturated heterocycles. The summed E-state index contributed by atoms with van der Waals surface area (Å²) in [4.78, 5) is 0. The van der Waals surface area contributed by atoms with Gasteiger partial charge in [-0.3, -0.25) is 0 Å². The molecule has 2 nitrogen and oxygen atoms in total. The highest BCUT2D eigenvalue weighted by atomic mass is 79.9. The maximum atomic E-state index is 13.1. The van der Waals surface area contributed by atoms with E-state index in [0.717, 1.165) is 0 Å². The zero-order valence-corrected chi connectivity index (χ0v) is 12.1. The fourth-order valence-corrected chi connectivity index (χ4v) is 2.11. The van der Waals surface area contributed by atoms with Crippen LogP contribution in [0.3, 0.4) is 0 Å². The van der Waals surface area contributed by atoms with Crippen LogP contribution in [-0.2, 0) is 0 Å². The Bertz CT molecular complexity index is 637. The van der Waals surface area contributed by atoms with E-state index in [9.17, 15) is 4.39 Å². The fraction of sp³-hybridized carbons (Fsp3) is 0. The Hall–Kier alpha value is -1.38. The Morgan fingerprint density at radius 2 is 1.83 bits per heavy atom. The van der Waals surface area contributed by atoms with Crippen LogP contribution in [0.1, 0.15) is 5.56 Å². The lowest BCUT2D eigenvalue weighted by atomic mass is 10.2. The van der Waals surface area contributed by atoms with Gasteiger partial charge < -0.3 is 4.74 Å². The van der Waals surface area contributed by atoms with Crippen LogP contribution in [-0.4, -0.2) is 0 Å². The molecule has 0 aliphatic carbocycles. The molecule has 0 amide bonds. The maximum absolute atomic E-state index is 13.1. The average molecular weight is 371 g/mol. The van der Waals surface area contributed by atoms with E-state index >= 15 is 0 Å². The smallest absolute Gasteiger partial charge is 0.144 e. The minimum Gasteiger partial charge on any atom is -0.456 e. The first-order chi connectivity index (χ1) is 8.60. The van der Waals surface area contributed by atoms with Crippen molar-refractivity contribution in [1.82, 2.24) is 0 Å². The van der Waals surface area contributed by atoms with Crippen molar-refractivity contribution >= 4 is 31.9 Å². The van der Waals surface area contributed by atoms with Gasteiger partial charge in [0, 0.05) is 10.5 Å². The van der Waals surface area contributed by atoms with Crippen LogP contribution in [0, 0.1) is 17.1 Å². The van der Waals surface area contributed by atoms with Gasteiger partial charge in [0.15, 0.2) is 0 Å². The summed E-state index contributed by atoms with van der Waals surface area (Å²) in [5.41, 5.74) is 0.514. The summed E-state index contributed by atoms with van der Waals surface area (Å²) in [6.45, 7) is 0. The molecule has 5 heteroatoms. The number of hydrogen-bond acceptors (Lipinski definition) is 2. The second-order valence-corrected chi connectivity index (χ2v) is 5.14. The third-order valence-corrected chi connectivity index (χ3v) is 3.49. The highest BCUT2D eigenvalue weighted by Gasteiger charge is 2.06. The quantitative estimate of drug-likeness (QED) is 0.743. The lowest BCUT2D eigenvalue weighted by Crippen LogP contribution is -1.88. The molecule has 0 spiro atoms. The molecular formula is C13H6Br2FNO. The van der Waals surface area contributed by atoms with Gasteiger partial charge >= 0.3 is 0 Å². The molecule has 18 heavy (non-hydrogen) atoms. The maximum Gasteiger partial charge on any atom is 0.144 e. The molecule has 0 radical (unpaired) electrons. The van der Waals surface area contributed by atoms with Crippen LogP contribution in [0.2, 0.25) is 0 Å². The zero-order chi connectivity index (χ0) is 13.1. The summed E-state index contributed by atoms with van der Waals surface area (Å²) in [5, 5.41) is 8.80. The summed E-state index contributed by atoms with van der Waals surface area (Å²) < 4.78 is 19.9. The monoisotopic (exact) mass is 369 g/mol. The summed E-state index contributed by atoms with van der Waals surface area (Å²) in [5.74, 6) is 0.527. The molecule has 0 unspecified atom stereocenters. The molecule has 2 aromatic carbocycles. The second kappa shape index (κ2) is 5.51. The number of benzene rings is 2. The van der Waals surface area contributed by atoms with Crippen molar-refractivity contribution in [2.75, 3.05) is 0 Å². The van der Waals surface area contributed by atoms with Gasteiger partial charge in [-0.15, -0.1) is 0 Å². The van der Waals surface area contributed by atoms with Crippen molar-refractivity contribution in [3.63, 3.8) is 0 Å². The SMILES string of the molecule is N#Cc1ccc(Oc2cc(F)ccc2Br)cc1Br. The molecule has 0 N–H and O–H groups in total. The second-order valence-electron chi connectivity index (χ2n) is 3.43. The molecule has 90 valence electrons. The number of nitriles is 1. The van der Waals surface area contributed by atoms with Crippen molar-refractivity contribution < 1.29 is 9.13 Å². The van der Waals surface area contributed by atoms with Gasteiger partial charge in [-0.1, -0.05) is 0 Å². The van der Waals surface area contributed by atoms with E-state index in [1.54, 1.807) is 24.3 Å². The lowest BCUT2D eigenvalue weighted by molar-refractivity contribution is 0.473. The molecule has 0 saturated carbocycles. The van der Waals surface area contributed by atoms with Gasteiger partial charge in [-0.2, -0.15) is 5.26 Å². The average Bonchev–Trinajstić information content (AvgIpc) is 2.34. The number of hydrogen-bond donors (Lipinski definition) is 0.